The number of aromatic nitrogens is 3. The van der Waals surface area contributed by atoms with E-state index in [0.29, 0.717) is 50.1 Å². The standard InChI is InChI=1S/C25H30N8O3S/c1-18-15-20(7-9-26)16-19(2)24(18)36-23-8-10-27-25(30-23)29-21-5-6-22(28-17-21)32-11-13-33(14-12-32)37(34,35)31(3)4/h5-8,10,15,17H,11-14,16H2,1-4H3,(H,27,29,30)/b20-7+. The zero-order valence-electron chi connectivity index (χ0n) is 21.3. The van der Waals surface area contributed by atoms with E-state index in [1.807, 2.05) is 32.1 Å². The number of piperazine rings is 1. The summed E-state index contributed by atoms with van der Waals surface area (Å²) in [5.41, 5.74) is 3.62. The number of hydrogen-bond acceptors (Lipinski definition) is 9. The lowest BCUT2D eigenvalue weighted by Crippen LogP contribution is -2.51. The number of anilines is 3. The number of nitrogens with zero attached hydrogens (tertiary/aromatic N) is 7. The molecule has 0 atom stereocenters. The summed E-state index contributed by atoms with van der Waals surface area (Å²) in [7, 11) is -0.327. The van der Waals surface area contributed by atoms with Gasteiger partial charge in [-0.25, -0.2) is 9.97 Å². The van der Waals surface area contributed by atoms with Crippen LogP contribution in [0.2, 0.25) is 0 Å². The Morgan fingerprint density at radius 1 is 1.14 bits per heavy atom. The maximum absolute atomic E-state index is 12.3. The van der Waals surface area contributed by atoms with Crippen LogP contribution in [0.4, 0.5) is 17.5 Å². The molecule has 1 fully saturated rings. The number of rotatable bonds is 7. The molecular formula is C25H30N8O3S. The van der Waals surface area contributed by atoms with Gasteiger partial charge in [0.1, 0.15) is 11.6 Å². The number of nitriles is 1. The highest BCUT2D eigenvalue weighted by atomic mass is 32.2. The van der Waals surface area contributed by atoms with Crippen molar-refractivity contribution in [2.75, 3.05) is 50.5 Å². The van der Waals surface area contributed by atoms with E-state index in [-0.39, 0.29) is 0 Å². The average Bonchev–Trinajstić information content (AvgIpc) is 2.87. The van der Waals surface area contributed by atoms with Crippen molar-refractivity contribution in [3.63, 3.8) is 0 Å². The minimum atomic E-state index is -3.41. The minimum Gasteiger partial charge on any atom is -0.439 e. The quantitative estimate of drug-likeness (QED) is 0.546. The van der Waals surface area contributed by atoms with Crippen molar-refractivity contribution in [3.8, 4) is 11.9 Å². The second-order valence-corrected chi connectivity index (χ2v) is 11.1. The molecule has 11 nitrogen and oxygen atoms in total. The predicted molar refractivity (Wildman–Crippen MR) is 141 cm³/mol. The molecule has 0 bridgehead atoms. The Kier molecular flexibility index (Phi) is 7.87. The van der Waals surface area contributed by atoms with Crippen LogP contribution in [-0.4, -0.2) is 72.3 Å². The first-order chi connectivity index (χ1) is 17.7. The molecule has 1 N–H and O–H groups in total. The summed E-state index contributed by atoms with van der Waals surface area (Å²) in [6, 6.07) is 7.53. The summed E-state index contributed by atoms with van der Waals surface area (Å²) in [6.45, 7) is 5.86. The van der Waals surface area contributed by atoms with E-state index in [9.17, 15) is 8.42 Å². The summed E-state index contributed by atoms with van der Waals surface area (Å²) < 4.78 is 33.4. The molecule has 0 amide bonds. The summed E-state index contributed by atoms with van der Waals surface area (Å²) >= 11 is 0. The van der Waals surface area contributed by atoms with Gasteiger partial charge in [-0.15, -0.1) is 0 Å². The Morgan fingerprint density at radius 3 is 2.51 bits per heavy atom. The van der Waals surface area contributed by atoms with Gasteiger partial charge in [-0.3, -0.25) is 0 Å². The first kappa shape index (κ1) is 26.3. The van der Waals surface area contributed by atoms with Crippen molar-refractivity contribution in [1.29, 1.82) is 5.26 Å². The van der Waals surface area contributed by atoms with E-state index in [1.165, 1.54) is 22.7 Å². The summed E-state index contributed by atoms with van der Waals surface area (Å²) in [4.78, 5) is 15.3. The smallest absolute Gasteiger partial charge is 0.281 e. The summed E-state index contributed by atoms with van der Waals surface area (Å²) in [5.74, 6) is 2.29. The fourth-order valence-corrected chi connectivity index (χ4v) is 5.27. The summed E-state index contributed by atoms with van der Waals surface area (Å²) in [6.07, 6.45) is 7.45. The van der Waals surface area contributed by atoms with Crippen LogP contribution in [0.1, 0.15) is 20.3 Å². The predicted octanol–water partition coefficient (Wildman–Crippen LogP) is 3.00. The van der Waals surface area contributed by atoms with Gasteiger partial charge in [-0.05, 0) is 49.1 Å². The molecule has 1 aliphatic heterocycles. The normalized spacial score (nSPS) is 18.1. The number of ether oxygens (including phenoxy) is 1. The van der Waals surface area contributed by atoms with E-state index in [2.05, 4.69) is 31.2 Å². The Balaban J connectivity index is 1.38. The molecule has 0 saturated carbocycles. The van der Waals surface area contributed by atoms with E-state index >= 15 is 0 Å². The third-order valence-electron chi connectivity index (χ3n) is 6.06. The maximum Gasteiger partial charge on any atom is 0.281 e. The van der Waals surface area contributed by atoms with Gasteiger partial charge in [0.25, 0.3) is 10.2 Å². The molecule has 3 heterocycles. The number of hydrogen-bond donors (Lipinski definition) is 1. The highest BCUT2D eigenvalue weighted by Gasteiger charge is 2.29. The Hall–Kier alpha value is -3.79. The van der Waals surface area contributed by atoms with Gasteiger partial charge in [0.2, 0.25) is 11.8 Å². The zero-order chi connectivity index (χ0) is 26.6. The van der Waals surface area contributed by atoms with Crippen molar-refractivity contribution in [2.45, 2.75) is 20.3 Å². The highest BCUT2D eigenvalue weighted by molar-refractivity contribution is 7.86. The van der Waals surface area contributed by atoms with Crippen LogP contribution < -0.4 is 15.0 Å². The zero-order valence-corrected chi connectivity index (χ0v) is 22.2. The van der Waals surface area contributed by atoms with Crippen molar-refractivity contribution >= 4 is 27.7 Å². The lowest BCUT2D eigenvalue weighted by atomic mass is 9.95. The third-order valence-corrected chi connectivity index (χ3v) is 8.00. The number of allylic oxidation sites excluding steroid dienone is 5. The summed E-state index contributed by atoms with van der Waals surface area (Å²) in [5, 5.41) is 12.1. The molecule has 2 aromatic rings. The molecule has 1 saturated heterocycles. The lowest BCUT2D eigenvalue weighted by Gasteiger charge is -2.35. The molecule has 0 spiro atoms. The van der Waals surface area contributed by atoms with Crippen molar-refractivity contribution < 1.29 is 13.2 Å². The van der Waals surface area contributed by atoms with E-state index in [4.69, 9.17) is 10.00 Å². The van der Waals surface area contributed by atoms with Crippen LogP contribution in [0.15, 0.2) is 65.2 Å². The second-order valence-electron chi connectivity index (χ2n) is 8.99. The van der Waals surface area contributed by atoms with E-state index in [1.54, 1.807) is 24.5 Å². The van der Waals surface area contributed by atoms with E-state index in [0.717, 1.165) is 28.3 Å². The fraction of sp³-hybridized carbons (Fsp3) is 0.360. The van der Waals surface area contributed by atoms with Gasteiger partial charge in [0.15, 0.2) is 0 Å². The molecule has 2 aliphatic rings. The van der Waals surface area contributed by atoms with Gasteiger partial charge in [-0.2, -0.15) is 27.3 Å². The SMILES string of the molecule is CC1=C/C(=C\C#N)CC(C)=C1Oc1ccnc(Nc2ccc(N3CCN(S(=O)(=O)N(C)C)CC3)nc2)n1. The second kappa shape index (κ2) is 11.1. The minimum absolute atomic E-state index is 0.371. The molecule has 1 aliphatic carbocycles. The molecular weight excluding hydrogens is 492 g/mol. The Morgan fingerprint density at radius 2 is 1.89 bits per heavy atom. The molecule has 0 radical (unpaired) electrons. The number of pyridine rings is 1. The van der Waals surface area contributed by atoms with Crippen LogP contribution in [0.25, 0.3) is 0 Å². The molecule has 12 heteroatoms. The van der Waals surface area contributed by atoms with Crippen LogP contribution in [0.3, 0.4) is 0 Å². The maximum atomic E-state index is 12.3. The molecule has 0 aromatic carbocycles. The van der Waals surface area contributed by atoms with Gasteiger partial charge >= 0.3 is 0 Å². The van der Waals surface area contributed by atoms with Crippen molar-refractivity contribution in [2.24, 2.45) is 0 Å². The van der Waals surface area contributed by atoms with Crippen molar-refractivity contribution in [3.05, 3.63) is 65.2 Å². The number of nitrogens with one attached hydrogen (secondary N) is 1. The average molecular weight is 523 g/mol. The topological polar surface area (TPSA) is 128 Å². The van der Waals surface area contributed by atoms with Crippen LogP contribution in [0, 0.1) is 11.3 Å². The van der Waals surface area contributed by atoms with Crippen LogP contribution in [0.5, 0.6) is 5.88 Å². The molecule has 194 valence electrons. The lowest BCUT2D eigenvalue weighted by molar-refractivity contribution is 0.355. The molecule has 0 unspecified atom stereocenters. The Bertz CT molecular complexity index is 1380. The van der Waals surface area contributed by atoms with Gasteiger partial charge in [-0.1, -0.05) is 6.08 Å². The largest absolute Gasteiger partial charge is 0.439 e. The van der Waals surface area contributed by atoms with Crippen LogP contribution in [-0.2, 0) is 10.2 Å². The van der Waals surface area contributed by atoms with Gasteiger partial charge in [0, 0.05) is 58.6 Å². The van der Waals surface area contributed by atoms with Gasteiger partial charge < -0.3 is 15.0 Å². The first-order valence-electron chi connectivity index (χ1n) is 11.8. The molecule has 4 rings (SSSR count). The van der Waals surface area contributed by atoms with Crippen molar-refractivity contribution in [1.82, 2.24) is 23.6 Å². The molecule has 37 heavy (non-hydrogen) atoms. The first-order valence-corrected chi connectivity index (χ1v) is 13.2. The van der Waals surface area contributed by atoms with E-state index < -0.39 is 10.2 Å². The van der Waals surface area contributed by atoms with Crippen LogP contribution >= 0.6 is 0 Å². The highest BCUT2D eigenvalue weighted by Crippen LogP contribution is 2.30. The van der Waals surface area contributed by atoms with Gasteiger partial charge in [0.05, 0.1) is 18.0 Å². The Labute approximate surface area is 217 Å². The third kappa shape index (κ3) is 6.14. The molecule has 2 aromatic heterocycles. The fourth-order valence-electron chi connectivity index (χ4n) is 4.18. The monoisotopic (exact) mass is 522 g/mol.